The van der Waals surface area contributed by atoms with Gasteiger partial charge in [-0.05, 0) is 267 Å². The predicted molar refractivity (Wildman–Crippen MR) is 478 cm³/mol. The van der Waals surface area contributed by atoms with Crippen molar-refractivity contribution in [2.45, 2.75) is 231 Å². The van der Waals surface area contributed by atoms with Crippen LogP contribution in [0.3, 0.4) is 0 Å². The lowest BCUT2D eigenvalue weighted by Crippen LogP contribution is -2.64. The van der Waals surface area contributed by atoms with Crippen LogP contribution < -0.4 is 76.7 Å². The molecule has 0 spiro atoms. The number of nitrogens with zero attached hydrogens (tertiary/aromatic N) is 3. The third kappa shape index (κ3) is 10.7. The standard InChI is InChI=1S/C99H106B3N3O3S2/c1-25-95(15,16)61-32-36-83-67(42-61)90-92(109-83)101-69-50-71-78(52-73(69)104(88-56(8)38-54(6)39-57(88)9)76-45-63(97(19,20)27-3)44-75(85(76)101)103(90)66-34-30-60(31-35-66)94(12,13)14)106-81-48-65(99(23,24)29-5)49-82-87(81)100(71)72-51-70-74(53-79(72)107-82)105(89-58(10)40-55(7)41-59(89)11)77-46-64(98(21,22)28-4)47-80-86(77)102(70)93-91(108-80)68-43-62(96(17,18)26-2)33-37-84(68)110-93/h30-53H,25-29H2,1-24H3. The molecule has 0 unspecified atom stereocenters. The van der Waals surface area contributed by atoms with Gasteiger partial charge in [0.25, 0.3) is 20.1 Å². The van der Waals surface area contributed by atoms with Crippen molar-refractivity contribution in [3.05, 3.63) is 212 Å². The van der Waals surface area contributed by atoms with Gasteiger partial charge in [0.1, 0.15) is 34.5 Å². The average molecular weight is 1480 g/mol. The van der Waals surface area contributed by atoms with E-state index in [0.717, 1.165) is 94.4 Å². The van der Waals surface area contributed by atoms with Crippen LogP contribution in [0.1, 0.15) is 223 Å². The second kappa shape index (κ2) is 24.8. The van der Waals surface area contributed by atoms with E-state index in [1.165, 1.54) is 158 Å². The molecule has 12 aromatic rings. The van der Waals surface area contributed by atoms with E-state index in [-0.39, 0.29) is 52.6 Å². The van der Waals surface area contributed by atoms with E-state index in [1.54, 1.807) is 0 Å². The normalized spacial score (nSPS) is 14.7. The summed E-state index contributed by atoms with van der Waals surface area (Å²) in [7, 11) is 0. The molecule has 0 bridgehead atoms. The number of ether oxygens (including phenoxy) is 3. The zero-order chi connectivity index (χ0) is 77.6. The Bertz CT molecular complexity index is 5890. The van der Waals surface area contributed by atoms with Crippen LogP contribution in [0, 0.1) is 41.5 Å². The number of hydrogen-bond acceptors (Lipinski definition) is 8. The van der Waals surface area contributed by atoms with E-state index in [4.69, 9.17) is 14.2 Å². The van der Waals surface area contributed by atoms with Gasteiger partial charge < -0.3 is 28.9 Å². The second-order valence-electron chi connectivity index (χ2n) is 37.7. The van der Waals surface area contributed by atoms with E-state index in [1.807, 2.05) is 22.7 Å². The monoisotopic (exact) mass is 1480 g/mol. The average Bonchev–Trinajstić information content (AvgIpc) is 1.09. The van der Waals surface area contributed by atoms with Crippen molar-refractivity contribution < 1.29 is 14.2 Å². The van der Waals surface area contributed by atoms with Gasteiger partial charge in [0.15, 0.2) is 0 Å². The molecule has 18 rings (SSSR count). The summed E-state index contributed by atoms with van der Waals surface area (Å²) >= 11 is 3.90. The molecular weight excluding hydrogens is 1380 g/mol. The molecule has 2 aromatic heterocycles. The lowest BCUT2D eigenvalue weighted by molar-refractivity contribution is 0.451. The van der Waals surface area contributed by atoms with Crippen molar-refractivity contribution in [1.82, 2.24) is 0 Å². The van der Waals surface area contributed by atoms with Crippen LogP contribution in [0.2, 0.25) is 0 Å². The molecule has 0 atom stereocenters. The number of benzene rings is 10. The van der Waals surface area contributed by atoms with E-state index in [0.29, 0.717) is 0 Å². The summed E-state index contributed by atoms with van der Waals surface area (Å²) in [5, 5.41) is 2.50. The maximum atomic E-state index is 7.89. The van der Waals surface area contributed by atoms with Crippen LogP contribution in [-0.4, -0.2) is 20.1 Å². The molecule has 0 amide bonds. The fraction of sp³-hybridized carbons (Fsp3) is 0.354. The number of thiophene rings is 2. The van der Waals surface area contributed by atoms with Crippen molar-refractivity contribution >= 4 is 162 Å². The van der Waals surface area contributed by atoms with Crippen molar-refractivity contribution in [3.8, 4) is 34.5 Å². The Balaban J connectivity index is 0.960. The van der Waals surface area contributed by atoms with E-state index in [9.17, 15) is 0 Å². The summed E-state index contributed by atoms with van der Waals surface area (Å²) in [6.07, 6.45) is 4.93. The molecule has 556 valence electrons. The van der Waals surface area contributed by atoms with Crippen molar-refractivity contribution in [1.29, 1.82) is 0 Å². The van der Waals surface area contributed by atoms with Crippen molar-refractivity contribution in [2.75, 3.05) is 14.7 Å². The van der Waals surface area contributed by atoms with Crippen LogP contribution in [0.15, 0.2) is 146 Å². The third-order valence-electron chi connectivity index (χ3n) is 27.8. The number of aryl methyl sites for hydroxylation is 6. The van der Waals surface area contributed by atoms with Crippen LogP contribution in [0.4, 0.5) is 51.2 Å². The van der Waals surface area contributed by atoms with E-state index >= 15 is 0 Å². The molecule has 6 aliphatic rings. The van der Waals surface area contributed by atoms with Gasteiger partial charge in [-0.15, -0.1) is 22.7 Å². The number of rotatable bonds is 13. The van der Waals surface area contributed by atoms with E-state index < -0.39 is 0 Å². The Kier molecular flexibility index (Phi) is 16.4. The van der Waals surface area contributed by atoms with Gasteiger partial charge in [0.2, 0.25) is 0 Å². The molecule has 11 heteroatoms. The second-order valence-corrected chi connectivity index (χ2v) is 39.9. The molecule has 0 radical (unpaired) electrons. The van der Waals surface area contributed by atoms with Gasteiger partial charge in [-0.1, -0.05) is 196 Å². The van der Waals surface area contributed by atoms with Gasteiger partial charge in [-0.2, -0.15) is 0 Å². The highest BCUT2D eigenvalue weighted by Crippen LogP contribution is 2.55. The number of anilines is 9. The first-order valence-electron chi connectivity index (χ1n) is 40.8. The van der Waals surface area contributed by atoms with Crippen molar-refractivity contribution in [2.24, 2.45) is 0 Å². The molecule has 0 fully saturated rings. The Morgan fingerprint density at radius 1 is 0.309 bits per heavy atom. The minimum atomic E-state index is -0.292. The molecule has 0 saturated heterocycles. The Hall–Kier alpha value is -8.89. The molecule has 6 aliphatic heterocycles. The van der Waals surface area contributed by atoms with Gasteiger partial charge in [0, 0.05) is 81.4 Å². The van der Waals surface area contributed by atoms with Gasteiger partial charge in [-0.3, -0.25) is 0 Å². The third-order valence-corrected chi connectivity index (χ3v) is 30.2. The Morgan fingerprint density at radius 3 is 1.15 bits per heavy atom. The summed E-state index contributed by atoms with van der Waals surface area (Å²) in [6.45, 7) is 55.8. The first kappa shape index (κ1) is 72.6. The Labute approximate surface area is 663 Å². The largest absolute Gasteiger partial charge is 0.458 e. The summed E-state index contributed by atoms with van der Waals surface area (Å²) in [6, 6.07) is 58.9. The summed E-state index contributed by atoms with van der Waals surface area (Å²) in [5.41, 5.74) is 33.9. The first-order chi connectivity index (χ1) is 52.1. The lowest BCUT2D eigenvalue weighted by atomic mass is 9.31. The predicted octanol–water partition coefficient (Wildman–Crippen LogP) is 22.9. The zero-order valence-corrected chi connectivity index (χ0v) is 71.1. The van der Waals surface area contributed by atoms with Crippen LogP contribution in [0.5, 0.6) is 34.5 Å². The molecule has 8 heterocycles. The highest BCUT2D eigenvalue weighted by molar-refractivity contribution is 7.34. The molecule has 6 nitrogen and oxygen atoms in total. The smallest absolute Gasteiger partial charge is 0.268 e. The minimum absolute atomic E-state index is 0.0205. The first-order valence-corrected chi connectivity index (χ1v) is 42.5. The van der Waals surface area contributed by atoms with E-state index in [2.05, 4.69) is 326 Å². The van der Waals surface area contributed by atoms with Crippen LogP contribution in [0.25, 0.3) is 20.2 Å². The molecule has 0 aliphatic carbocycles. The minimum Gasteiger partial charge on any atom is -0.458 e. The summed E-state index contributed by atoms with van der Waals surface area (Å²) in [4.78, 5) is 8.01. The van der Waals surface area contributed by atoms with Gasteiger partial charge >= 0.3 is 0 Å². The zero-order valence-electron chi connectivity index (χ0n) is 69.5. The van der Waals surface area contributed by atoms with Gasteiger partial charge in [-0.25, -0.2) is 0 Å². The fourth-order valence-corrected chi connectivity index (χ4v) is 21.7. The molecule has 0 N–H and O–H groups in total. The molecule has 10 aromatic carbocycles. The summed E-state index contributed by atoms with van der Waals surface area (Å²) in [5.74, 6) is 5.39. The summed E-state index contributed by atoms with van der Waals surface area (Å²) < 4.78 is 28.6. The SMILES string of the molecule is CCC(C)(C)c1cc2c3c(c1)Oc1cc4c(cc1B3c1cc3c(cc1O2)N(c1c(C)cc(C)cc1C)c1cc(C(C)(C)CC)cc2c1B3c1sc3ccc(C(C)(C)CC)cc3c1O2)B1c2sc3ccc(C(C)(C)CC)cc3c2N(c2ccc(C(C)(C)C)cc2)c2cc(C(C)(C)CC)cc(c21)N4c1c(C)cc(C)cc1C. The molecule has 110 heavy (non-hydrogen) atoms. The van der Waals surface area contributed by atoms with Gasteiger partial charge in [0.05, 0.1) is 17.1 Å². The quantitative estimate of drug-likeness (QED) is 0.107. The molecule has 0 saturated carbocycles. The molecular formula is C99H106B3N3O3S2. The topological polar surface area (TPSA) is 37.4 Å². The number of fused-ring (bicyclic) bond motifs is 16. The lowest BCUT2D eigenvalue weighted by Gasteiger charge is -2.46. The Morgan fingerprint density at radius 2 is 0.691 bits per heavy atom. The maximum Gasteiger partial charge on any atom is 0.268 e. The van der Waals surface area contributed by atoms with Crippen LogP contribution >= 0.6 is 22.7 Å². The fourth-order valence-electron chi connectivity index (χ4n) is 19.1. The highest BCUT2D eigenvalue weighted by atomic mass is 32.1. The van der Waals surface area contributed by atoms with Crippen molar-refractivity contribution in [3.63, 3.8) is 0 Å². The number of hydrogen-bond donors (Lipinski definition) is 0. The van der Waals surface area contributed by atoms with Crippen LogP contribution in [-0.2, 0) is 32.5 Å². The highest BCUT2D eigenvalue weighted by Gasteiger charge is 2.52. The maximum absolute atomic E-state index is 7.89.